The van der Waals surface area contributed by atoms with E-state index in [9.17, 15) is 14.4 Å². The molecule has 1 heterocycles. The Morgan fingerprint density at radius 3 is 2.48 bits per heavy atom. The minimum absolute atomic E-state index is 0.0689. The van der Waals surface area contributed by atoms with Crippen LogP contribution in [0.25, 0.3) is 0 Å². The first-order valence-corrected chi connectivity index (χ1v) is 10.6. The van der Waals surface area contributed by atoms with Gasteiger partial charge in [-0.05, 0) is 37.2 Å². The number of ketones is 2. The summed E-state index contributed by atoms with van der Waals surface area (Å²) in [6.07, 6.45) is 1.85. The van der Waals surface area contributed by atoms with Gasteiger partial charge in [0.05, 0.1) is 6.10 Å². The standard InChI is InChI=1S/C23H32O6/c1-12-14-7-8-16(25)22(5)10-9-17(28-13(2)24)21(3,4)15(22)11-18(27-6)23(19(12)26)20(14)29-23/h14-15,17-18,20H,1,7-11H2,2-6H3/t14-,15+,17-,18+,20+,22+,23-/m0/s1. The Bertz CT molecular complexity index is 784. The molecular formula is C23H32O6. The molecule has 3 saturated carbocycles. The van der Waals surface area contributed by atoms with Gasteiger partial charge in [-0.15, -0.1) is 0 Å². The van der Waals surface area contributed by atoms with E-state index in [1.807, 2.05) is 6.92 Å². The zero-order chi connectivity index (χ0) is 21.4. The average molecular weight is 405 g/mol. The van der Waals surface area contributed by atoms with Crippen LogP contribution >= 0.6 is 0 Å². The fourth-order valence-corrected chi connectivity index (χ4v) is 6.64. The third kappa shape index (κ3) is 2.71. The summed E-state index contributed by atoms with van der Waals surface area (Å²) >= 11 is 0. The monoisotopic (exact) mass is 404 g/mol. The van der Waals surface area contributed by atoms with Crippen LogP contribution < -0.4 is 0 Å². The van der Waals surface area contributed by atoms with E-state index in [4.69, 9.17) is 14.2 Å². The van der Waals surface area contributed by atoms with Gasteiger partial charge in [0, 0.05) is 37.2 Å². The first-order valence-electron chi connectivity index (χ1n) is 10.6. The summed E-state index contributed by atoms with van der Waals surface area (Å²) in [5.74, 6) is -0.374. The number of Topliss-reactive ketones (excluding diaryl/α,β-unsaturated/α-hetero) is 2. The van der Waals surface area contributed by atoms with Crippen molar-refractivity contribution in [3.05, 3.63) is 12.2 Å². The van der Waals surface area contributed by atoms with E-state index in [-0.39, 0.29) is 41.6 Å². The Morgan fingerprint density at radius 1 is 1.17 bits per heavy atom. The SMILES string of the molecule is C=C1C(=O)[C@]23O[C@@H]2[C@H]1CCC(=O)[C@]1(C)CC[C@H](OC(C)=O)C(C)(C)[C@H]1C[C@H]3OC. The molecule has 0 aromatic heterocycles. The molecule has 29 heavy (non-hydrogen) atoms. The molecule has 0 N–H and O–H groups in total. The molecule has 0 spiro atoms. The van der Waals surface area contributed by atoms with Crippen LogP contribution in [-0.2, 0) is 28.6 Å². The molecule has 0 amide bonds. The fourth-order valence-electron chi connectivity index (χ4n) is 6.64. The summed E-state index contributed by atoms with van der Waals surface area (Å²) < 4.78 is 17.5. The van der Waals surface area contributed by atoms with Gasteiger partial charge in [0.25, 0.3) is 0 Å². The minimum atomic E-state index is -0.956. The first kappa shape index (κ1) is 20.7. The summed E-state index contributed by atoms with van der Waals surface area (Å²) in [7, 11) is 1.60. The van der Waals surface area contributed by atoms with Gasteiger partial charge in [-0.25, -0.2) is 0 Å². The average Bonchev–Trinajstić information content (AvgIpc) is 3.34. The molecule has 4 fully saturated rings. The fraction of sp³-hybridized carbons (Fsp3) is 0.783. The van der Waals surface area contributed by atoms with E-state index in [1.54, 1.807) is 7.11 Å². The predicted octanol–water partition coefficient (Wildman–Crippen LogP) is 3.02. The van der Waals surface area contributed by atoms with Gasteiger partial charge < -0.3 is 14.2 Å². The number of rotatable bonds is 2. The van der Waals surface area contributed by atoms with Crippen molar-refractivity contribution in [3.8, 4) is 0 Å². The van der Waals surface area contributed by atoms with Gasteiger partial charge in [0.2, 0.25) is 0 Å². The zero-order valence-corrected chi connectivity index (χ0v) is 18.1. The van der Waals surface area contributed by atoms with Crippen molar-refractivity contribution in [1.82, 2.24) is 0 Å². The lowest BCUT2D eigenvalue weighted by molar-refractivity contribution is -0.175. The van der Waals surface area contributed by atoms with Crippen LogP contribution in [0.1, 0.15) is 59.8 Å². The van der Waals surface area contributed by atoms with Crippen LogP contribution in [0.5, 0.6) is 0 Å². The number of methoxy groups -OCH3 is 1. The minimum Gasteiger partial charge on any atom is -0.462 e. The summed E-state index contributed by atoms with van der Waals surface area (Å²) in [4.78, 5) is 38.3. The molecule has 3 aliphatic carbocycles. The molecule has 7 atom stereocenters. The van der Waals surface area contributed by atoms with Gasteiger partial charge in [0.1, 0.15) is 18.0 Å². The maximum absolute atomic E-state index is 13.5. The smallest absolute Gasteiger partial charge is 0.302 e. The van der Waals surface area contributed by atoms with Crippen molar-refractivity contribution < 1.29 is 28.6 Å². The quantitative estimate of drug-likeness (QED) is 0.400. The number of hydrogen-bond acceptors (Lipinski definition) is 6. The maximum Gasteiger partial charge on any atom is 0.302 e. The molecule has 4 rings (SSSR count). The van der Waals surface area contributed by atoms with Crippen molar-refractivity contribution >= 4 is 17.5 Å². The summed E-state index contributed by atoms with van der Waals surface area (Å²) in [6, 6.07) is 0. The van der Waals surface area contributed by atoms with Crippen LogP contribution in [0.15, 0.2) is 12.2 Å². The van der Waals surface area contributed by atoms with Gasteiger partial charge in [0.15, 0.2) is 11.4 Å². The number of esters is 1. The highest BCUT2D eigenvalue weighted by molar-refractivity contribution is 6.08. The van der Waals surface area contributed by atoms with Crippen LogP contribution in [0.2, 0.25) is 0 Å². The van der Waals surface area contributed by atoms with Crippen molar-refractivity contribution in [2.45, 2.75) is 83.7 Å². The number of carbonyl (C=O) groups is 3. The largest absolute Gasteiger partial charge is 0.462 e. The van der Waals surface area contributed by atoms with Crippen LogP contribution in [-0.4, -0.2) is 48.6 Å². The first-order chi connectivity index (χ1) is 13.5. The second-order valence-corrected chi connectivity index (χ2v) is 10.1. The molecule has 0 radical (unpaired) electrons. The second-order valence-electron chi connectivity index (χ2n) is 10.1. The number of fused-ring (bicyclic) bond motifs is 1. The molecule has 160 valence electrons. The maximum atomic E-state index is 13.5. The Balaban J connectivity index is 1.77. The Hall–Kier alpha value is -1.53. The zero-order valence-electron chi connectivity index (χ0n) is 18.1. The molecule has 4 aliphatic rings. The summed E-state index contributed by atoms with van der Waals surface area (Å²) in [5, 5.41) is 0. The van der Waals surface area contributed by atoms with E-state index < -0.39 is 22.5 Å². The molecule has 0 unspecified atom stereocenters. The van der Waals surface area contributed by atoms with Gasteiger partial charge in [-0.3, -0.25) is 14.4 Å². The lowest BCUT2D eigenvalue weighted by Crippen LogP contribution is -2.56. The highest BCUT2D eigenvalue weighted by Gasteiger charge is 2.76. The number of epoxide rings is 1. The van der Waals surface area contributed by atoms with E-state index in [2.05, 4.69) is 20.4 Å². The van der Waals surface area contributed by atoms with Gasteiger partial charge in [-0.1, -0.05) is 27.4 Å². The van der Waals surface area contributed by atoms with E-state index in [1.165, 1.54) is 6.92 Å². The lowest BCUT2D eigenvalue weighted by atomic mass is 9.51. The molecular weight excluding hydrogens is 372 g/mol. The van der Waals surface area contributed by atoms with Gasteiger partial charge in [-0.2, -0.15) is 0 Å². The molecule has 1 aliphatic heterocycles. The van der Waals surface area contributed by atoms with Crippen molar-refractivity contribution in [1.29, 1.82) is 0 Å². The third-order valence-corrected chi connectivity index (χ3v) is 8.41. The van der Waals surface area contributed by atoms with E-state index in [0.29, 0.717) is 37.7 Å². The van der Waals surface area contributed by atoms with Gasteiger partial charge >= 0.3 is 5.97 Å². The Morgan fingerprint density at radius 2 is 1.86 bits per heavy atom. The normalized spacial score (nSPS) is 46.0. The van der Waals surface area contributed by atoms with E-state index >= 15 is 0 Å². The van der Waals surface area contributed by atoms with Crippen molar-refractivity contribution in [2.24, 2.45) is 22.7 Å². The molecule has 0 aromatic carbocycles. The molecule has 0 aromatic rings. The van der Waals surface area contributed by atoms with E-state index in [0.717, 1.165) is 0 Å². The highest BCUT2D eigenvalue weighted by Crippen LogP contribution is 2.62. The van der Waals surface area contributed by atoms with Crippen LogP contribution in [0, 0.1) is 22.7 Å². The van der Waals surface area contributed by atoms with Crippen LogP contribution in [0.3, 0.4) is 0 Å². The Kier molecular flexibility index (Phi) is 4.63. The Labute approximate surface area is 172 Å². The lowest BCUT2D eigenvalue weighted by Gasteiger charge is -2.54. The molecule has 1 saturated heterocycles. The molecule has 6 nitrogen and oxygen atoms in total. The van der Waals surface area contributed by atoms with Crippen molar-refractivity contribution in [3.63, 3.8) is 0 Å². The van der Waals surface area contributed by atoms with Crippen molar-refractivity contribution in [2.75, 3.05) is 7.11 Å². The number of hydrogen-bond donors (Lipinski definition) is 0. The summed E-state index contributed by atoms with van der Waals surface area (Å²) in [5.41, 5.74) is -1.38. The number of carbonyl (C=O) groups excluding carboxylic acids is 3. The second kappa shape index (κ2) is 6.48. The highest BCUT2D eigenvalue weighted by atomic mass is 16.6. The molecule has 6 heteroatoms. The topological polar surface area (TPSA) is 82.2 Å². The third-order valence-electron chi connectivity index (χ3n) is 8.41. The van der Waals surface area contributed by atoms with Crippen LogP contribution in [0.4, 0.5) is 0 Å². The molecule has 2 bridgehead atoms. The predicted molar refractivity (Wildman–Crippen MR) is 105 cm³/mol. The summed E-state index contributed by atoms with van der Waals surface area (Å²) in [6.45, 7) is 11.6. The number of ether oxygens (including phenoxy) is 3.